The number of carbonyl (C=O) groups excluding carboxylic acids is 1. The van der Waals surface area contributed by atoms with Crippen LogP contribution in [0.3, 0.4) is 0 Å². The molecule has 6 unspecified atom stereocenters. The number of aliphatic hydroxyl groups excluding tert-OH is 4. The molecule has 6 heteroatoms. The summed E-state index contributed by atoms with van der Waals surface area (Å²) in [5.74, 6) is -0.708. The minimum absolute atomic E-state index is 0.0295. The molecule has 0 spiro atoms. The molecule has 5 N–H and O–H groups in total. The summed E-state index contributed by atoms with van der Waals surface area (Å²) in [6, 6.07) is -0.0295. The van der Waals surface area contributed by atoms with Gasteiger partial charge in [0, 0.05) is 24.5 Å². The van der Waals surface area contributed by atoms with Crippen LogP contribution < -0.4 is 5.32 Å². The Morgan fingerprint density at radius 1 is 0.794 bits per heavy atom. The summed E-state index contributed by atoms with van der Waals surface area (Å²) < 4.78 is 0. The van der Waals surface area contributed by atoms with Crippen LogP contribution in [0.1, 0.15) is 33.6 Å². The molecule has 0 fully saturated rings. The first-order valence-corrected chi connectivity index (χ1v) is 11.6. The standard InChI is InChI=1S/C28H39NO5/c1-21-14-8-4-6-10-17-23(3)29-26(32)19-13-12-16-22(2)27(33)28(34)25(31)20-24(30)18-11-7-5-9-15-21/h4-16,18-19,22-25,27-28,30-31,33-34H,17,20H2,1-3H3,(H,29,32)/b7-5-,8-4+,10-6+,15-9+,16-12+,18-11+,19-13+,21-14-. The maximum absolute atomic E-state index is 12.0. The average molecular weight is 470 g/mol. The van der Waals surface area contributed by atoms with Gasteiger partial charge in [-0.2, -0.15) is 0 Å². The van der Waals surface area contributed by atoms with Crippen molar-refractivity contribution in [3.8, 4) is 0 Å². The van der Waals surface area contributed by atoms with E-state index >= 15 is 0 Å². The van der Waals surface area contributed by atoms with Gasteiger partial charge in [0.1, 0.15) is 6.10 Å². The first-order valence-electron chi connectivity index (χ1n) is 11.6. The van der Waals surface area contributed by atoms with Crippen molar-refractivity contribution in [1.82, 2.24) is 5.32 Å². The van der Waals surface area contributed by atoms with Gasteiger partial charge >= 0.3 is 0 Å². The summed E-state index contributed by atoms with van der Waals surface area (Å²) in [4.78, 5) is 12.0. The van der Waals surface area contributed by atoms with Crippen LogP contribution in [0.25, 0.3) is 0 Å². The smallest absolute Gasteiger partial charge is 0.244 e. The molecule has 6 nitrogen and oxygen atoms in total. The van der Waals surface area contributed by atoms with Crippen LogP contribution >= 0.6 is 0 Å². The Morgan fingerprint density at radius 2 is 1.44 bits per heavy atom. The number of amides is 1. The number of hydrogen-bond donors (Lipinski definition) is 5. The van der Waals surface area contributed by atoms with Gasteiger partial charge in [-0.3, -0.25) is 4.79 Å². The molecular formula is C28H39NO5. The minimum Gasteiger partial charge on any atom is -0.390 e. The van der Waals surface area contributed by atoms with Crippen molar-refractivity contribution in [2.24, 2.45) is 5.92 Å². The molecule has 0 aromatic rings. The number of nitrogens with one attached hydrogen (secondary N) is 1. The van der Waals surface area contributed by atoms with Crippen molar-refractivity contribution in [3.63, 3.8) is 0 Å². The van der Waals surface area contributed by atoms with Crippen LogP contribution in [0.4, 0.5) is 0 Å². The van der Waals surface area contributed by atoms with Gasteiger partial charge in [-0.15, -0.1) is 0 Å². The van der Waals surface area contributed by atoms with Gasteiger partial charge in [-0.25, -0.2) is 0 Å². The predicted molar refractivity (Wildman–Crippen MR) is 138 cm³/mol. The molecule has 186 valence electrons. The van der Waals surface area contributed by atoms with E-state index in [0.29, 0.717) is 6.42 Å². The van der Waals surface area contributed by atoms with Gasteiger partial charge in [0.2, 0.25) is 5.91 Å². The molecule has 0 aromatic carbocycles. The molecule has 1 aliphatic rings. The van der Waals surface area contributed by atoms with E-state index in [2.05, 4.69) is 5.32 Å². The van der Waals surface area contributed by atoms with Crippen molar-refractivity contribution < 1.29 is 25.2 Å². The number of aliphatic hydroxyl groups is 4. The first-order chi connectivity index (χ1) is 16.2. The first kappa shape index (κ1) is 29.3. The molecule has 0 radical (unpaired) electrons. The molecule has 1 aliphatic heterocycles. The largest absolute Gasteiger partial charge is 0.390 e. The van der Waals surface area contributed by atoms with Crippen molar-refractivity contribution in [2.75, 3.05) is 0 Å². The van der Waals surface area contributed by atoms with E-state index in [9.17, 15) is 25.2 Å². The summed E-state index contributed by atoms with van der Waals surface area (Å²) in [5.41, 5.74) is 1.06. The van der Waals surface area contributed by atoms with Gasteiger partial charge < -0.3 is 25.7 Å². The maximum Gasteiger partial charge on any atom is 0.244 e. The average Bonchev–Trinajstić information content (AvgIpc) is 2.79. The Morgan fingerprint density at radius 3 is 2.21 bits per heavy atom. The van der Waals surface area contributed by atoms with Gasteiger partial charge in [0.05, 0.1) is 18.3 Å². The van der Waals surface area contributed by atoms with Gasteiger partial charge in [-0.05, 0) is 20.3 Å². The van der Waals surface area contributed by atoms with Crippen LogP contribution in [0.15, 0.2) is 96.7 Å². The summed E-state index contributed by atoms with van der Waals surface area (Å²) in [6.45, 7) is 5.59. The zero-order chi connectivity index (χ0) is 25.3. The molecule has 0 aliphatic carbocycles. The lowest BCUT2D eigenvalue weighted by atomic mass is 9.93. The van der Waals surface area contributed by atoms with Crippen LogP contribution in [-0.2, 0) is 4.79 Å². The highest BCUT2D eigenvalue weighted by Crippen LogP contribution is 2.15. The molecule has 34 heavy (non-hydrogen) atoms. The zero-order valence-electron chi connectivity index (χ0n) is 20.2. The van der Waals surface area contributed by atoms with Gasteiger partial charge in [0.25, 0.3) is 0 Å². The predicted octanol–water partition coefficient (Wildman–Crippen LogP) is 3.20. The molecule has 1 amide bonds. The fraction of sp³-hybridized carbons (Fsp3) is 0.393. The normalized spacial score (nSPS) is 38.9. The topological polar surface area (TPSA) is 110 Å². The molecule has 0 saturated carbocycles. The highest BCUT2D eigenvalue weighted by atomic mass is 16.4. The number of carbonyl (C=O) groups is 1. The summed E-state index contributed by atoms with van der Waals surface area (Å²) in [5, 5.41) is 43.7. The van der Waals surface area contributed by atoms with E-state index in [1.54, 1.807) is 37.3 Å². The second-order valence-corrected chi connectivity index (χ2v) is 8.45. The van der Waals surface area contributed by atoms with Crippen molar-refractivity contribution in [1.29, 1.82) is 0 Å². The molecule has 0 aromatic heterocycles. The van der Waals surface area contributed by atoms with Crippen LogP contribution in [0.5, 0.6) is 0 Å². The summed E-state index contributed by atoms with van der Waals surface area (Å²) in [7, 11) is 0. The fourth-order valence-corrected chi connectivity index (χ4v) is 3.07. The summed E-state index contributed by atoms with van der Waals surface area (Å²) in [6.07, 6.45) is 22.2. The van der Waals surface area contributed by atoms with E-state index in [-0.39, 0.29) is 18.4 Å². The fourth-order valence-electron chi connectivity index (χ4n) is 3.07. The second-order valence-electron chi connectivity index (χ2n) is 8.45. The zero-order valence-corrected chi connectivity index (χ0v) is 20.2. The Balaban J connectivity index is 2.93. The third kappa shape index (κ3) is 13.1. The Hall–Kier alpha value is -2.77. The summed E-state index contributed by atoms with van der Waals surface area (Å²) >= 11 is 0. The Labute approximate surface area is 203 Å². The lowest BCUT2D eigenvalue weighted by Crippen LogP contribution is -2.41. The van der Waals surface area contributed by atoms with Crippen molar-refractivity contribution >= 4 is 5.91 Å². The Bertz CT molecular complexity index is 847. The van der Waals surface area contributed by atoms with Gasteiger partial charge in [0.15, 0.2) is 0 Å². The van der Waals surface area contributed by atoms with Gasteiger partial charge in [-0.1, -0.05) is 97.6 Å². The molecule has 0 saturated heterocycles. The third-order valence-corrected chi connectivity index (χ3v) is 5.16. The minimum atomic E-state index is -1.43. The Kier molecular flexibility index (Phi) is 14.4. The number of rotatable bonds is 0. The van der Waals surface area contributed by atoms with E-state index in [1.165, 1.54) is 12.2 Å². The number of hydrogen-bond acceptors (Lipinski definition) is 5. The third-order valence-electron chi connectivity index (χ3n) is 5.16. The van der Waals surface area contributed by atoms with Crippen molar-refractivity contribution in [2.45, 2.75) is 64.1 Å². The maximum atomic E-state index is 12.0. The van der Waals surface area contributed by atoms with E-state index in [0.717, 1.165) is 5.57 Å². The SMILES string of the molecule is CC1=C/C=C/C=C/CC(C)NC(=O)/C=C/C=C/C(C)C(O)C(O)C(O)CC(O)/C=C/C=C\C=C\1. The molecule has 0 bridgehead atoms. The van der Waals surface area contributed by atoms with Crippen LogP contribution in [0.2, 0.25) is 0 Å². The lowest BCUT2D eigenvalue weighted by Gasteiger charge is -2.26. The van der Waals surface area contributed by atoms with Crippen molar-refractivity contribution in [3.05, 3.63) is 96.7 Å². The monoisotopic (exact) mass is 469 g/mol. The molecule has 1 heterocycles. The quantitative estimate of drug-likeness (QED) is 0.374. The van der Waals surface area contributed by atoms with E-state index in [1.807, 2.05) is 62.5 Å². The van der Waals surface area contributed by atoms with Crippen LogP contribution in [0, 0.1) is 5.92 Å². The lowest BCUT2D eigenvalue weighted by molar-refractivity contribution is -0.117. The van der Waals surface area contributed by atoms with E-state index in [4.69, 9.17) is 0 Å². The molecule has 1 rings (SSSR count). The highest BCUT2D eigenvalue weighted by Gasteiger charge is 2.28. The van der Waals surface area contributed by atoms with Crippen LogP contribution in [-0.4, -0.2) is 56.8 Å². The molecular weight excluding hydrogens is 430 g/mol. The van der Waals surface area contributed by atoms with E-state index < -0.39 is 30.3 Å². The second kappa shape index (κ2) is 16.8. The molecule has 6 atom stereocenters. The number of allylic oxidation sites excluding steroid dienone is 12. The highest BCUT2D eigenvalue weighted by molar-refractivity contribution is 5.87.